The van der Waals surface area contributed by atoms with Crippen molar-refractivity contribution in [1.82, 2.24) is 4.90 Å². The molecule has 1 saturated heterocycles. The number of rotatable bonds is 2. The number of hydrogen-bond donors (Lipinski definition) is 1. The molecule has 0 spiro atoms. The second-order valence-corrected chi connectivity index (χ2v) is 6.38. The van der Waals surface area contributed by atoms with Gasteiger partial charge >= 0.3 is 0 Å². The van der Waals surface area contributed by atoms with E-state index in [1.807, 2.05) is 0 Å². The fourth-order valence-electron chi connectivity index (χ4n) is 3.89. The summed E-state index contributed by atoms with van der Waals surface area (Å²) in [5, 5.41) is 10.7. The van der Waals surface area contributed by atoms with Crippen LogP contribution < -0.4 is 0 Å². The highest BCUT2D eigenvalue weighted by molar-refractivity contribution is 5.18. The Labute approximate surface area is 116 Å². The van der Waals surface area contributed by atoms with E-state index in [2.05, 4.69) is 42.2 Å². The Balaban J connectivity index is 1.71. The molecule has 3 atom stereocenters. The molecule has 2 aliphatic rings. The summed E-state index contributed by atoms with van der Waals surface area (Å²) in [7, 11) is 0. The molecule has 0 radical (unpaired) electrons. The van der Waals surface area contributed by atoms with Crippen molar-refractivity contribution in [2.45, 2.75) is 50.7 Å². The predicted molar refractivity (Wildman–Crippen MR) is 78.0 cm³/mol. The van der Waals surface area contributed by atoms with E-state index < -0.39 is 0 Å². The Kier molecular flexibility index (Phi) is 3.64. The Morgan fingerprint density at radius 3 is 2.79 bits per heavy atom. The molecule has 1 aromatic carbocycles. The minimum absolute atomic E-state index is 0.356. The molecule has 0 bridgehead atoms. The molecule has 2 nitrogen and oxygen atoms in total. The fourth-order valence-corrected chi connectivity index (χ4v) is 3.89. The van der Waals surface area contributed by atoms with Gasteiger partial charge in [-0.3, -0.25) is 4.90 Å². The van der Waals surface area contributed by atoms with Crippen molar-refractivity contribution in [3.63, 3.8) is 0 Å². The van der Waals surface area contributed by atoms with Crippen LogP contribution >= 0.6 is 0 Å². The van der Waals surface area contributed by atoms with E-state index in [-0.39, 0.29) is 5.60 Å². The molecule has 1 aliphatic carbocycles. The van der Waals surface area contributed by atoms with Gasteiger partial charge in [-0.05, 0) is 31.7 Å². The van der Waals surface area contributed by atoms with Crippen molar-refractivity contribution in [3.05, 3.63) is 35.9 Å². The van der Waals surface area contributed by atoms with Gasteiger partial charge in [-0.15, -0.1) is 0 Å². The SMILES string of the molecule is CC(c1ccccc1)N1CCC2(O)CCCCC2C1. The second-order valence-electron chi connectivity index (χ2n) is 6.38. The van der Waals surface area contributed by atoms with E-state index in [1.54, 1.807) is 0 Å². The lowest BCUT2D eigenvalue weighted by Crippen LogP contribution is -2.53. The molecule has 104 valence electrons. The zero-order valence-corrected chi connectivity index (χ0v) is 11.9. The van der Waals surface area contributed by atoms with Crippen LogP contribution in [0.15, 0.2) is 30.3 Å². The first kappa shape index (κ1) is 13.1. The van der Waals surface area contributed by atoms with E-state index in [1.165, 1.54) is 24.8 Å². The summed E-state index contributed by atoms with van der Waals surface area (Å²) in [6, 6.07) is 11.2. The number of aliphatic hydroxyl groups is 1. The normalized spacial score (nSPS) is 33.7. The first-order chi connectivity index (χ1) is 9.19. The zero-order valence-electron chi connectivity index (χ0n) is 11.9. The average Bonchev–Trinajstić information content (AvgIpc) is 2.46. The van der Waals surface area contributed by atoms with Gasteiger partial charge in [0.25, 0.3) is 0 Å². The molecule has 0 aromatic heterocycles. The van der Waals surface area contributed by atoms with E-state index in [0.29, 0.717) is 12.0 Å². The standard InChI is InChI=1S/C17H25NO/c1-14(15-7-3-2-4-8-15)18-12-11-17(19)10-6-5-9-16(17)13-18/h2-4,7-8,14,16,19H,5-6,9-13H2,1H3. The van der Waals surface area contributed by atoms with Gasteiger partial charge in [0, 0.05) is 25.0 Å². The van der Waals surface area contributed by atoms with Crippen molar-refractivity contribution in [2.75, 3.05) is 13.1 Å². The van der Waals surface area contributed by atoms with E-state index in [4.69, 9.17) is 0 Å². The Bertz CT molecular complexity index is 419. The topological polar surface area (TPSA) is 23.5 Å². The molecule has 1 saturated carbocycles. The molecule has 2 fully saturated rings. The smallest absolute Gasteiger partial charge is 0.0700 e. The highest BCUT2D eigenvalue weighted by atomic mass is 16.3. The van der Waals surface area contributed by atoms with Crippen LogP contribution in [0.25, 0.3) is 0 Å². The van der Waals surface area contributed by atoms with Crippen LogP contribution in [0.3, 0.4) is 0 Å². The second kappa shape index (κ2) is 5.26. The summed E-state index contributed by atoms with van der Waals surface area (Å²) in [6.07, 6.45) is 5.68. The van der Waals surface area contributed by atoms with Crippen LogP contribution in [0.4, 0.5) is 0 Å². The molecule has 3 rings (SSSR count). The molecule has 0 amide bonds. The van der Waals surface area contributed by atoms with Gasteiger partial charge in [0.1, 0.15) is 0 Å². The maximum absolute atomic E-state index is 10.7. The van der Waals surface area contributed by atoms with Gasteiger partial charge < -0.3 is 5.11 Å². The lowest BCUT2D eigenvalue weighted by atomic mass is 9.71. The molecule has 2 heteroatoms. The highest BCUT2D eigenvalue weighted by Crippen LogP contribution is 2.41. The maximum atomic E-state index is 10.7. The molecule has 1 N–H and O–H groups in total. The third kappa shape index (κ3) is 2.56. The maximum Gasteiger partial charge on any atom is 0.0700 e. The van der Waals surface area contributed by atoms with E-state index in [0.717, 1.165) is 25.9 Å². The number of hydrogen-bond acceptors (Lipinski definition) is 2. The lowest BCUT2D eigenvalue weighted by molar-refractivity contribution is -0.102. The first-order valence-electron chi connectivity index (χ1n) is 7.70. The van der Waals surface area contributed by atoms with Gasteiger partial charge in [-0.25, -0.2) is 0 Å². The Hall–Kier alpha value is -0.860. The molecule has 3 unspecified atom stereocenters. The van der Waals surface area contributed by atoms with Gasteiger partial charge in [0.05, 0.1) is 5.60 Å². The van der Waals surface area contributed by atoms with Crippen molar-refractivity contribution in [2.24, 2.45) is 5.92 Å². The van der Waals surface area contributed by atoms with Crippen LogP contribution in [-0.4, -0.2) is 28.7 Å². The van der Waals surface area contributed by atoms with Gasteiger partial charge in [0.15, 0.2) is 0 Å². The van der Waals surface area contributed by atoms with Crippen molar-refractivity contribution in [1.29, 1.82) is 0 Å². The summed E-state index contributed by atoms with van der Waals surface area (Å²) in [5.74, 6) is 0.487. The predicted octanol–water partition coefficient (Wildman–Crippen LogP) is 3.37. The van der Waals surface area contributed by atoms with Gasteiger partial charge in [-0.1, -0.05) is 43.2 Å². The lowest BCUT2D eigenvalue weighted by Gasteiger charge is -2.49. The Morgan fingerprint density at radius 2 is 2.00 bits per heavy atom. The summed E-state index contributed by atoms with van der Waals surface area (Å²) in [5.41, 5.74) is 1.04. The van der Waals surface area contributed by atoms with Gasteiger partial charge in [-0.2, -0.15) is 0 Å². The van der Waals surface area contributed by atoms with Crippen molar-refractivity contribution in [3.8, 4) is 0 Å². The monoisotopic (exact) mass is 259 g/mol. The molecular formula is C17H25NO. The van der Waals surface area contributed by atoms with Gasteiger partial charge in [0.2, 0.25) is 0 Å². The minimum Gasteiger partial charge on any atom is -0.390 e. The minimum atomic E-state index is -0.356. The quantitative estimate of drug-likeness (QED) is 0.880. The number of benzene rings is 1. The molecule has 1 aromatic rings. The third-order valence-corrected chi connectivity index (χ3v) is 5.29. The first-order valence-corrected chi connectivity index (χ1v) is 7.70. The molecule has 19 heavy (non-hydrogen) atoms. The number of piperidine rings is 1. The van der Waals surface area contributed by atoms with Crippen LogP contribution in [0, 0.1) is 5.92 Å². The van der Waals surface area contributed by atoms with Crippen LogP contribution in [0.2, 0.25) is 0 Å². The number of likely N-dealkylation sites (tertiary alicyclic amines) is 1. The highest BCUT2D eigenvalue weighted by Gasteiger charge is 2.43. The average molecular weight is 259 g/mol. The summed E-state index contributed by atoms with van der Waals surface area (Å²) in [6.45, 7) is 4.39. The molecule has 1 heterocycles. The fraction of sp³-hybridized carbons (Fsp3) is 0.647. The van der Waals surface area contributed by atoms with Crippen molar-refractivity contribution < 1.29 is 5.11 Å². The van der Waals surface area contributed by atoms with E-state index in [9.17, 15) is 5.11 Å². The zero-order chi connectivity index (χ0) is 13.3. The third-order valence-electron chi connectivity index (χ3n) is 5.29. The summed E-state index contributed by atoms with van der Waals surface area (Å²) < 4.78 is 0. The Morgan fingerprint density at radius 1 is 1.21 bits per heavy atom. The summed E-state index contributed by atoms with van der Waals surface area (Å²) in [4.78, 5) is 2.56. The van der Waals surface area contributed by atoms with Crippen molar-refractivity contribution >= 4 is 0 Å². The molecular weight excluding hydrogens is 234 g/mol. The van der Waals surface area contributed by atoms with Crippen LogP contribution in [0.5, 0.6) is 0 Å². The molecule has 1 aliphatic heterocycles. The van der Waals surface area contributed by atoms with Crippen LogP contribution in [-0.2, 0) is 0 Å². The van der Waals surface area contributed by atoms with Crippen LogP contribution in [0.1, 0.15) is 50.6 Å². The number of fused-ring (bicyclic) bond motifs is 1. The largest absolute Gasteiger partial charge is 0.390 e. The summed E-state index contributed by atoms with van der Waals surface area (Å²) >= 11 is 0. The number of nitrogens with zero attached hydrogens (tertiary/aromatic N) is 1. The van der Waals surface area contributed by atoms with E-state index >= 15 is 0 Å².